The Kier molecular flexibility index (Phi) is 11.3. The maximum atomic E-state index is 11.0. The fourth-order valence-electron chi connectivity index (χ4n) is 1.60. The van der Waals surface area contributed by atoms with Gasteiger partial charge in [-0.15, -0.1) is 0 Å². The summed E-state index contributed by atoms with van der Waals surface area (Å²) in [5, 5.41) is 8.30. The third kappa shape index (κ3) is 12.7. The smallest absolute Gasteiger partial charge is 0.331 e. The molecule has 0 unspecified atom stereocenters. The zero-order valence-corrected chi connectivity index (χ0v) is 11.2. The molecule has 0 saturated heterocycles. The van der Waals surface area contributed by atoms with Crippen LogP contribution in [0, 0.1) is 0 Å². The number of carboxylic acid groups (broad SMARTS) is 1. The Balaban J connectivity index is 3.25. The quantitative estimate of drug-likeness (QED) is 0.350. The number of carboxylic acids is 1. The van der Waals surface area contributed by atoms with Crippen molar-refractivity contribution in [3.63, 3.8) is 0 Å². The van der Waals surface area contributed by atoms with Crippen LogP contribution in [0.5, 0.6) is 0 Å². The number of rotatable bonds is 11. The Hall–Kier alpha value is -1.32. The summed E-state index contributed by atoms with van der Waals surface area (Å²) in [6.07, 6.45) is 11.2. The van der Waals surface area contributed by atoms with Gasteiger partial charge in [0.15, 0.2) is 0 Å². The molecule has 0 aliphatic heterocycles. The highest BCUT2D eigenvalue weighted by Crippen LogP contribution is 2.08. The second kappa shape index (κ2) is 12.1. The fraction of sp³-hybridized carbons (Fsp3) is 0.714. The molecule has 0 aliphatic carbocycles. The molecule has 0 spiro atoms. The van der Waals surface area contributed by atoms with Gasteiger partial charge in [0.2, 0.25) is 0 Å². The van der Waals surface area contributed by atoms with Crippen molar-refractivity contribution < 1.29 is 19.4 Å². The lowest BCUT2D eigenvalue weighted by molar-refractivity contribution is -0.138. The number of carbonyl (C=O) groups is 2. The summed E-state index contributed by atoms with van der Waals surface area (Å²) in [4.78, 5) is 21.1. The van der Waals surface area contributed by atoms with Crippen LogP contribution in [-0.2, 0) is 14.3 Å². The monoisotopic (exact) mass is 256 g/mol. The normalized spacial score (nSPS) is 10.7. The number of unbranched alkanes of at least 4 members (excludes halogenated alkanes) is 7. The molecule has 4 nitrogen and oxygen atoms in total. The first-order chi connectivity index (χ1) is 8.66. The molecule has 0 aromatic heterocycles. The molecule has 104 valence electrons. The van der Waals surface area contributed by atoms with Gasteiger partial charge in [-0.1, -0.05) is 51.9 Å². The SMILES string of the molecule is CCCCCCCCCCOC(=O)/C=C/C(=O)O. The molecule has 0 aromatic rings. The molecule has 18 heavy (non-hydrogen) atoms. The Labute approximate surface area is 109 Å². The van der Waals surface area contributed by atoms with Crippen molar-refractivity contribution in [3.8, 4) is 0 Å². The van der Waals surface area contributed by atoms with Gasteiger partial charge in [-0.25, -0.2) is 9.59 Å². The van der Waals surface area contributed by atoms with Gasteiger partial charge in [-0.05, 0) is 6.42 Å². The molecule has 0 rings (SSSR count). The summed E-state index contributed by atoms with van der Waals surface area (Å²) >= 11 is 0. The van der Waals surface area contributed by atoms with E-state index in [9.17, 15) is 9.59 Å². The van der Waals surface area contributed by atoms with Gasteiger partial charge in [0.05, 0.1) is 6.61 Å². The van der Waals surface area contributed by atoms with E-state index in [1.807, 2.05) is 0 Å². The van der Waals surface area contributed by atoms with E-state index >= 15 is 0 Å². The molecule has 0 radical (unpaired) electrons. The molecular formula is C14H24O4. The maximum Gasteiger partial charge on any atom is 0.331 e. The van der Waals surface area contributed by atoms with Crippen molar-refractivity contribution in [2.45, 2.75) is 58.3 Å². The molecule has 0 atom stereocenters. The molecule has 0 heterocycles. The highest BCUT2D eigenvalue weighted by Gasteiger charge is 1.98. The summed E-state index contributed by atoms with van der Waals surface area (Å²) in [6, 6.07) is 0. The highest BCUT2D eigenvalue weighted by atomic mass is 16.5. The van der Waals surface area contributed by atoms with E-state index in [2.05, 4.69) is 6.92 Å². The van der Waals surface area contributed by atoms with Crippen molar-refractivity contribution >= 4 is 11.9 Å². The van der Waals surface area contributed by atoms with E-state index in [-0.39, 0.29) is 0 Å². The van der Waals surface area contributed by atoms with Crippen molar-refractivity contribution in [2.75, 3.05) is 6.61 Å². The Morgan fingerprint density at radius 1 is 0.944 bits per heavy atom. The third-order valence-electron chi connectivity index (χ3n) is 2.60. The van der Waals surface area contributed by atoms with E-state index in [1.54, 1.807) is 0 Å². The van der Waals surface area contributed by atoms with Gasteiger partial charge in [-0.2, -0.15) is 0 Å². The van der Waals surface area contributed by atoms with Crippen molar-refractivity contribution in [1.29, 1.82) is 0 Å². The van der Waals surface area contributed by atoms with Crippen LogP contribution < -0.4 is 0 Å². The average Bonchev–Trinajstić information content (AvgIpc) is 2.34. The van der Waals surface area contributed by atoms with Crippen LogP contribution in [-0.4, -0.2) is 23.7 Å². The fourth-order valence-corrected chi connectivity index (χ4v) is 1.60. The van der Waals surface area contributed by atoms with Crippen LogP contribution in [0.1, 0.15) is 58.3 Å². The van der Waals surface area contributed by atoms with Crippen LogP contribution in [0.2, 0.25) is 0 Å². The first kappa shape index (κ1) is 16.7. The predicted octanol–water partition coefficient (Wildman–Crippen LogP) is 3.31. The van der Waals surface area contributed by atoms with E-state index in [0.717, 1.165) is 25.0 Å². The van der Waals surface area contributed by atoms with Crippen LogP contribution in [0.4, 0.5) is 0 Å². The van der Waals surface area contributed by atoms with E-state index in [0.29, 0.717) is 6.61 Å². The molecule has 1 N–H and O–H groups in total. The summed E-state index contributed by atoms with van der Waals surface area (Å²) in [5.41, 5.74) is 0. The van der Waals surface area contributed by atoms with Gasteiger partial charge in [0.25, 0.3) is 0 Å². The molecule has 4 heteroatoms. The largest absolute Gasteiger partial charge is 0.478 e. The zero-order chi connectivity index (χ0) is 13.6. The molecule has 0 aromatic carbocycles. The predicted molar refractivity (Wildman–Crippen MR) is 70.3 cm³/mol. The first-order valence-corrected chi connectivity index (χ1v) is 6.74. The number of ether oxygens (including phenoxy) is 1. The lowest BCUT2D eigenvalue weighted by atomic mass is 10.1. The van der Waals surface area contributed by atoms with Crippen molar-refractivity contribution in [3.05, 3.63) is 12.2 Å². The lowest BCUT2D eigenvalue weighted by Gasteiger charge is -2.02. The van der Waals surface area contributed by atoms with Gasteiger partial charge < -0.3 is 9.84 Å². The molecular weight excluding hydrogens is 232 g/mol. The second-order valence-electron chi connectivity index (χ2n) is 4.31. The second-order valence-corrected chi connectivity index (χ2v) is 4.31. The number of carbonyl (C=O) groups excluding carboxylic acids is 1. The van der Waals surface area contributed by atoms with Crippen LogP contribution in [0.25, 0.3) is 0 Å². The number of hydrogen-bond acceptors (Lipinski definition) is 3. The van der Waals surface area contributed by atoms with Gasteiger partial charge in [0.1, 0.15) is 0 Å². The van der Waals surface area contributed by atoms with Crippen molar-refractivity contribution in [1.82, 2.24) is 0 Å². The summed E-state index contributed by atoms with van der Waals surface area (Å²) < 4.78 is 4.85. The van der Waals surface area contributed by atoms with E-state index in [4.69, 9.17) is 9.84 Å². The summed E-state index contributed by atoms with van der Waals surface area (Å²) in [6.45, 7) is 2.57. The minimum absolute atomic E-state index is 0.373. The van der Waals surface area contributed by atoms with Crippen LogP contribution in [0.15, 0.2) is 12.2 Å². The summed E-state index contributed by atoms with van der Waals surface area (Å²) in [7, 11) is 0. The number of aliphatic carboxylic acids is 1. The minimum atomic E-state index is -1.14. The Morgan fingerprint density at radius 3 is 2.06 bits per heavy atom. The molecule has 0 bridgehead atoms. The topological polar surface area (TPSA) is 63.6 Å². The summed E-state index contributed by atoms with van der Waals surface area (Å²) in [5.74, 6) is -1.72. The van der Waals surface area contributed by atoms with Gasteiger partial charge in [-0.3, -0.25) is 0 Å². The van der Waals surface area contributed by atoms with Crippen LogP contribution in [0.3, 0.4) is 0 Å². The minimum Gasteiger partial charge on any atom is -0.478 e. The first-order valence-electron chi connectivity index (χ1n) is 6.74. The maximum absolute atomic E-state index is 11.0. The number of esters is 1. The van der Waals surface area contributed by atoms with Gasteiger partial charge in [0, 0.05) is 12.2 Å². The van der Waals surface area contributed by atoms with Crippen molar-refractivity contribution in [2.24, 2.45) is 0 Å². The third-order valence-corrected chi connectivity index (χ3v) is 2.60. The Morgan fingerprint density at radius 2 is 1.50 bits per heavy atom. The zero-order valence-electron chi connectivity index (χ0n) is 11.2. The molecule has 0 fully saturated rings. The number of hydrogen-bond donors (Lipinski definition) is 1. The highest BCUT2D eigenvalue weighted by molar-refractivity contribution is 5.90. The van der Waals surface area contributed by atoms with E-state index < -0.39 is 11.9 Å². The Bertz CT molecular complexity index is 259. The standard InChI is InChI=1S/C14H24O4/c1-2-3-4-5-6-7-8-9-12-18-14(17)11-10-13(15)16/h10-11H,2-9,12H2,1H3,(H,15,16)/b11-10+. The van der Waals surface area contributed by atoms with Gasteiger partial charge >= 0.3 is 11.9 Å². The lowest BCUT2D eigenvalue weighted by Crippen LogP contribution is -2.03. The van der Waals surface area contributed by atoms with E-state index in [1.165, 1.54) is 38.5 Å². The molecule has 0 saturated carbocycles. The molecule has 0 aliphatic rings. The van der Waals surface area contributed by atoms with Crippen LogP contribution >= 0.6 is 0 Å². The molecule has 0 amide bonds. The average molecular weight is 256 g/mol.